The third-order valence-electron chi connectivity index (χ3n) is 3.22. The topological polar surface area (TPSA) is 43.4 Å². The molecule has 2 rings (SSSR count). The molecule has 0 radical (unpaired) electrons. The summed E-state index contributed by atoms with van der Waals surface area (Å²) in [5, 5.41) is 0. The van der Waals surface area contributed by atoms with Crippen LogP contribution in [0, 0.1) is 0 Å². The highest BCUT2D eigenvalue weighted by Gasteiger charge is 2.50. The van der Waals surface area contributed by atoms with Gasteiger partial charge in [-0.3, -0.25) is 9.59 Å². The second-order valence-electron chi connectivity index (χ2n) is 4.35. The Balaban J connectivity index is 2.07. The van der Waals surface area contributed by atoms with Crippen LogP contribution in [-0.4, -0.2) is 18.4 Å². The van der Waals surface area contributed by atoms with Crippen LogP contribution >= 0.6 is 0 Å². The first-order valence-corrected chi connectivity index (χ1v) is 5.93. The molecule has 90 valence electrons. The Bertz CT molecular complexity index is 418. The Morgan fingerprint density at radius 3 is 2.41 bits per heavy atom. The Kier molecular flexibility index (Phi) is 3.27. The van der Waals surface area contributed by atoms with Crippen molar-refractivity contribution >= 4 is 11.8 Å². The molecule has 0 bridgehead atoms. The van der Waals surface area contributed by atoms with Crippen LogP contribution in [0.5, 0.6) is 0 Å². The molecule has 1 fully saturated rings. The lowest BCUT2D eigenvalue weighted by Gasteiger charge is -2.13. The average Bonchev–Trinajstić information content (AvgIpc) is 3.11. The number of ether oxygens (including phenoxy) is 1. The molecular weight excluding hydrogens is 216 g/mol. The van der Waals surface area contributed by atoms with Gasteiger partial charge in [-0.2, -0.15) is 0 Å². The summed E-state index contributed by atoms with van der Waals surface area (Å²) < 4.78 is 4.81. The molecule has 3 nitrogen and oxygen atoms in total. The molecule has 0 aliphatic heterocycles. The minimum Gasteiger partial charge on any atom is -0.466 e. The fraction of sp³-hybridized carbons (Fsp3) is 0.429. The molecule has 1 aromatic carbocycles. The van der Waals surface area contributed by atoms with Crippen LogP contribution < -0.4 is 0 Å². The van der Waals surface area contributed by atoms with Crippen molar-refractivity contribution in [1.29, 1.82) is 0 Å². The van der Waals surface area contributed by atoms with Gasteiger partial charge in [0, 0.05) is 0 Å². The van der Waals surface area contributed by atoms with E-state index in [9.17, 15) is 9.59 Å². The summed E-state index contributed by atoms with van der Waals surface area (Å²) >= 11 is 0. The van der Waals surface area contributed by atoms with Gasteiger partial charge >= 0.3 is 5.97 Å². The van der Waals surface area contributed by atoms with E-state index in [2.05, 4.69) is 0 Å². The van der Waals surface area contributed by atoms with Crippen molar-refractivity contribution in [3.63, 3.8) is 0 Å². The largest absolute Gasteiger partial charge is 0.466 e. The molecule has 17 heavy (non-hydrogen) atoms. The first-order valence-electron chi connectivity index (χ1n) is 5.93. The number of benzene rings is 1. The van der Waals surface area contributed by atoms with E-state index < -0.39 is 11.4 Å². The third kappa shape index (κ3) is 2.38. The Morgan fingerprint density at radius 1 is 1.24 bits per heavy atom. The van der Waals surface area contributed by atoms with Crippen LogP contribution in [0.4, 0.5) is 0 Å². The SMILES string of the molecule is CCOC(=O)CC(=O)C1(c2ccccc2)CC1. The van der Waals surface area contributed by atoms with E-state index in [-0.39, 0.29) is 12.2 Å². The normalized spacial score (nSPS) is 16.3. The van der Waals surface area contributed by atoms with Crippen molar-refractivity contribution in [2.24, 2.45) is 0 Å². The van der Waals surface area contributed by atoms with Gasteiger partial charge < -0.3 is 4.74 Å². The van der Waals surface area contributed by atoms with Crippen molar-refractivity contribution in [1.82, 2.24) is 0 Å². The maximum atomic E-state index is 12.1. The molecule has 1 aliphatic carbocycles. The van der Waals surface area contributed by atoms with Gasteiger partial charge in [-0.1, -0.05) is 30.3 Å². The van der Waals surface area contributed by atoms with Gasteiger partial charge in [-0.05, 0) is 25.3 Å². The van der Waals surface area contributed by atoms with Gasteiger partial charge in [0.25, 0.3) is 0 Å². The van der Waals surface area contributed by atoms with Crippen LogP contribution in [-0.2, 0) is 19.7 Å². The monoisotopic (exact) mass is 232 g/mol. The summed E-state index contributed by atoms with van der Waals surface area (Å²) in [5.41, 5.74) is 0.614. The summed E-state index contributed by atoms with van der Waals surface area (Å²) in [5.74, 6) is -0.429. The number of carbonyl (C=O) groups excluding carboxylic acids is 2. The fourth-order valence-electron chi connectivity index (χ4n) is 2.12. The van der Waals surface area contributed by atoms with Crippen molar-refractivity contribution in [3.05, 3.63) is 35.9 Å². The number of ketones is 1. The lowest BCUT2D eigenvalue weighted by molar-refractivity contribution is -0.146. The van der Waals surface area contributed by atoms with E-state index in [1.165, 1.54) is 0 Å². The molecule has 3 heteroatoms. The number of carbonyl (C=O) groups is 2. The Morgan fingerprint density at radius 2 is 1.88 bits per heavy atom. The van der Waals surface area contributed by atoms with E-state index in [0.29, 0.717) is 6.61 Å². The second-order valence-corrected chi connectivity index (χ2v) is 4.35. The number of rotatable bonds is 5. The highest BCUT2D eigenvalue weighted by molar-refractivity contribution is 6.03. The number of hydrogen-bond donors (Lipinski definition) is 0. The van der Waals surface area contributed by atoms with Crippen molar-refractivity contribution in [2.75, 3.05) is 6.61 Å². The standard InChI is InChI=1S/C14H16O3/c1-2-17-13(16)10-12(15)14(8-9-14)11-6-4-3-5-7-11/h3-7H,2,8-10H2,1H3. The number of hydrogen-bond acceptors (Lipinski definition) is 3. The van der Waals surface area contributed by atoms with Crippen LogP contribution in [0.3, 0.4) is 0 Å². The molecule has 0 N–H and O–H groups in total. The van der Waals surface area contributed by atoms with Crippen LogP contribution in [0.1, 0.15) is 31.7 Å². The smallest absolute Gasteiger partial charge is 0.313 e. The van der Waals surface area contributed by atoms with Gasteiger partial charge in [-0.15, -0.1) is 0 Å². The summed E-state index contributed by atoms with van der Waals surface area (Å²) in [6.45, 7) is 2.07. The first-order chi connectivity index (χ1) is 8.19. The zero-order valence-electron chi connectivity index (χ0n) is 9.94. The van der Waals surface area contributed by atoms with Gasteiger partial charge in [0.2, 0.25) is 0 Å². The molecule has 0 saturated heterocycles. The lowest BCUT2D eigenvalue weighted by atomic mass is 9.90. The molecule has 0 atom stereocenters. The van der Waals surface area contributed by atoms with E-state index >= 15 is 0 Å². The molecule has 0 heterocycles. The summed E-state index contributed by atoms with van der Waals surface area (Å²) in [6.07, 6.45) is 1.58. The zero-order valence-corrected chi connectivity index (χ0v) is 9.94. The van der Waals surface area contributed by atoms with Gasteiger partial charge in [-0.25, -0.2) is 0 Å². The highest BCUT2D eigenvalue weighted by atomic mass is 16.5. The Labute approximate surface area is 101 Å². The molecular formula is C14H16O3. The van der Waals surface area contributed by atoms with Crippen LogP contribution in [0.15, 0.2) is 30.3 Å². The quantitative estimate of drug-likeness (QED) is 0.577. The highest BCUT2D eigenvalue weighted by Crippen LogP contribution is 2.49. The lowest BCUT2D eigenvalue weighted by Crippen LogP contribution is -2.24. The number of Topliss-reactive ketones (excluding diaryl/α,β-unsaturated/α-hetero) is 1. The molecule has 0 amide bonds. The van der Waals surface area contributed by atoms with Crippen molar-refractivity contribution < 1.29 is 14.3 Å². The van der Waals surface area contributed by atoms with E-state index in [1.807, 2.05) is 30.3 Å². The zero-order chi connectivity index (χ0) is 12.3. The molecule has 1 aromatic rings. The van der Waals surface area contributed by atoms with Crippen LogP contribution in [0.25, 0.3) is 0 Å². The molecule has 1 saturated carbocycles. The Hall–Kier alpha value is -1.64. The maximum Gasteiger partial charge on any atom is 0.313 e. The minimum atomic E-state index is -0.417. The first kappa shape index (κ1) is 11.8. The average molecular weight is 232 g/mol. The van der Waals surface area contributed by atoms with Crippen molar-refractivity contribution in [3.8, 4) is 0 Å². The summed E-state index contributed by atoms with van der Waals surface area (Å²) in [6, 6.07) is 9.68. The second kappa shape index (κ2) is 4.70. The van der Waals surface area contributed by atoms with Crippen LogP contribution in [0.2, 0.25) is 0 Å². The minimum absolute atomic E-state index is 0.0119. The molecule has 1 aliphatic rings. The van der Waals surface area contributed by atoms with E-state index in [0.717, 1.165) is 18.4 Å². The fourth-order valence-corrected chi connectivity index (χ4v) is 2.12. The van der Waals surface area contributed by atoms with E-state index in [1.54, 1.807) is 6.92 Å². The van der Waals surface area contributed by atoms with E-state index in [4.69, 9.17) is 4.74 Å². The molecule has 0 unspecified atom stereocenters. The van der Waals surface area contributed by atoms with Gasteiger partial charge in [0.15, 0.2) is 5.78 Å². The molecule has 0 spiro atoms. The summed E-state index contributed by atoms with van der Waals surface area (Å²) in [4.78, 5) is 23.4. The predicted octanol–water partition coefficient (Wildman–Crippen LogP) is 2.24. The predicted molar refractivity (Wildman–Crippen MR) is 63.6 cm³/mol. The summed E-state index contributed by atoms with van der Waals surface area (Å²) in [7, 11) is 0. The number of esters is 1. The maximum absolute atomic E-state index is 12.1. The third-order valence-corrected chi connectivity index (χ3v) is 3.22. The van der Waals surface area contributed by atoms with Gasteiger partial charge in [0.05, 0.1) is 12.0 Å². The molecule has 0 aromatic heterocycles. The van der Waals surface area contributed by atoms with Gasteiger partial charge in [0.1, 0.15) is 6.42 Å². The van der Waals surface area contributed by atoms with Crippen molar-refractivity contribution in [2.45, 2.75) is 31.6 Å².